The van der Waals surface area contributed by atoms with E-state index in [4.69, 9.17) is 4.74 Å². The Bertz CT molecular complexity index is 726. The Labute approximate surface area is 124 Å². The lowest BCUT2D eigenvalue weighted by Crippen LogP contribution is -1.95. The van der Waals surface area contributed by atoms with Crippen LogP contribution >= 0.6 is 0 Å². The van der Waals surface area contributed by atoms with E-state index < -0.39 is 0 Å². The molecule has 2 aromatic carbocycles. The smallest absolute Gasteiger partial charge is 0.221 e. The van der Waals surface area contributed by atoms with Crippen LogP contribution in [0.5, 0.6) is 11.6 Å². The van der Waals surface area contributed by atoms with Gasteiger partial charge in [0.25, 0.3) is 0 Å². The molecule has 0 unspecified atom stereocenters. The molecule has 0 amide bonds. The molecule has 0 aliphatic heterocycles. The number of hydrogen-bond donors (Lipinski definition) is 1. The van der Waals surface area contributed by atoms with Crippen LogP contribution in [-0.2, 0) is 0 Å². The first-order valence-corrected chi connectivity index (χ1v) is 6.84. The zero-order chi connectivity index (χ0) is 14.5. The summed E-state index contributed by atoms with van der Waals surface area (Å²) in [6.45, 7) is 0. The number of nitrogens with one attached hydrogen (secondary N) is 1. The molecule has 3 nitrogen and oxygen atoms in total. The lowest BCUT2D eigenvalue weighted by Gasteiger charge is -2.11. The zero-order valence-electron chi connectivity index (χ0n) is 11.8. The molecule has 0 radical (unpaired) electrons. The van der Waals surface area contributed by atoms with Crippen LogP contribution in [0.3, 0.4) is 0 Å². The Kier molecular flexibility index (Phi) is 3.83. The number of nitrogens with zero attached hydrogens (tertiary/aromatic N) is 1. The van der Waals surface area contributed by atoms with Crippen LogP contribution in [-0.4, -0.2) is 12.0 Å². The summed E-state index contributed by atoms with van der Waals surface area (Å²) in [5.41, 5.74) is 2.17. The van der Waals surface area contributed by atoms with Crippen LogP contribution in [0.25, 0.3) is 11.1 Å². The number of rotatable bonds is 4. The molecule has 0 atom stereocenters. The molecule has 0 aliphatic carbocycles. The Morgan fingerprint density at radius 1 is 0.810 bits per heavy atom. The number of anilines is 1. The lowest BCUT2D eigenvalue weighted by atomic mass is 10.1. The van der Waals surface area contributed by atoms with E-state index >= 15 is 0 Å². The molecule has 104 valence electrons. The Morgan fingerprint density at radius 2 is 1.57 bits per heavy atom. The summed E-state index contributed by atoms with van der Waals surface area (Å²) in [6.07, 6.45) is 0. The van der Waals surface area contributed by atoms with Crippen molar-refractivity contribution in [3.63, 3.8) is 0 Å². The fraction of sp³-hybridized carbons (Fsp3) is 0.0556. The SMILES string of the molecule is CNc1cccc(Oc2ccccc2-c2ccccc2)n1. The van der Waals surface area contributed by atoms with Gasteiger partial charge < -0.3 is 10.1 Å². The predicted molar refractivity (Wildman–Crippen MR) is 85.7 cm³/mol. The predicted octanol–water partition coefficient (Wildman–Crippen LogP) is 4.58. The molecule has 0 aliphatic rings. The Balaban J connectivity index is 1.96. The topological polar surface area (TPSA) is 34.1 Å². The molecule has 3 heteroatoms. The van der Waals surface area contributed by atoms with Crippen molar-refractivity contribution in [1.82, 2.24) is 4.98 Å². The molecule has 1 N–H and O–H groups in total. The molecule has 0 fully saturated rings. The fourth-order valence-electron chi connectivity index (χ4n) is 2.14. The molecule has 0 spiro atoms. The van der Waals surface area contributed by atoms with Crippen LogP contribution < -0.4 is 10.1 Å². The standard InChI is InChI=1S/C18H16N2O/c1-19-17-12-7-13-18(20-17)21-16-11-6-5-10-15(16)14-8-3-2-4-9-14/h2-13H,1H3,(H,19,20). The maximum Gasteiger partial charge on any atom is 0.221 e. The van der Waals surface area contributed by atoms with E-state index in [2.05, 4.69) is 22.4 Å². The maximum atomic E-state index is 5.96. The first kappa shape index (κ1) is 13.2. The molecule has 3 rings (SSSR count). The zero-order valence-corrected chi connectivity index (χ0v) is 11.8. The van der Waals surface area contributed by atoms with Gasteiger partial charge >= 0.3 is 0 Å². The summed E-state index contributed by atoms with van der Waals surface area (Å²) >= 11 is 0. The van der Waals surface area contributed by atoms with Gasteiger partial charge in [0.15, 0.2) is 0 Å². The molecule has 1 heterocycles. The van der Waals surface area contributed by atoms with Crippen molar-refractivity contribution in [1.29, 1.82) is 0 Å². The van der Waals surface area contributed by atoms with Gasteiger partial charge in [-0.15, -0.1) is 0 Å². The van der Waals surface area contributed by atoms with E-state index in [-0.39, 0.29) is 0 Å². The molecule has 1 aromatic heterocycles. The largest absolute Gasteiger partial charge is 0.438 e. The van der Waals surface area contributed by atoms with E-state index in [0.29, 0.717) is 5.88 Å². The average molecular weight is 276 g/mol. The lowest BCUT2D eigenvalue weighted by molar-refractivity contribution is 0.465. The van der Waals surface area contributed by atoms with Gasteiger partial charge in [-0.1, -0.05) is 54.6 Å². The molecular weight excluding hydrogens is 260 g/mol. The van der Waals surface area contributed by atoms with E-state index in [0.717, 1.165) is 22.7 Å². The number of aromatic nitrogens is 1. The molecule has 21 heavy (non-hydrogen) atoms. The summed E-state index contributed by atoms with van der Waals surface area (Å²) < 4.78 is 5.96. The van der Waals surface area contributed by atoms with Crippen LogP contribution in [0.15, 0.2) is 72.8 Å². The van der Waals surface area contributed by atoms with Crippen LogP contribution in [0.4, 0.5) is 5.82 Å². The second-order valence-electron chi connectivity index (χ2n) is 4.58. The molecular formula is C18H16N2O. The fourth-order valence-corrected chi connectivity index (χ4v) is 2.14. The third kappa shape index (κ3) is 3.03. The highest BCUT2D eigenvalue weighted by Gasteiger charge is 2.07. The van der Waals surface area contributed by atoms with Crippen molar-refractivity contribution < 1.29 is 4.74 Å². The summed E-state index contributed by atoms with van der Waals surface area (Å²) in [7, 11) is 1.84. The van der Waals surface area contributed by atoms with E-state index in [1.807, 2.05) is 67.7 Å². The van der Waals surface area contributed by atoms with Gasteiger partial charge in [-0.25, -0.2) is 0 Å². The maximum absolute atomic E-state index is 5.96. The highest BCUT2D eigenvalue weighted by molar-refractivity contribution is 5.70. The van der Waals surface area contributed by atoms with Crippen LogP contribution in [0.2, 0.25) is 0 Å². The van der Waals surface area contributed by atoms with Gasteiger partial charge in [0, 0.05) is 18.7 Å². The second-order valence-corrected chi connectivity index (χ2v) is 4.58. The molecule has 0 bridgehead atoms. The number of ether oxygens (including phenoxy) is 1. The number of pyridine rings is 1. The quantitative estimate of drug-likeness (QED) is 0.757. The summed E-state index contributed by atoms with van der Waals surface area (Å²) in [4.78, 5) is 4.39. The van der Waals surface area contributed by atoms with E-state index in [1.165, 1.54) is 0 Å². The van der Waals surface area contributed by atoms with Crippen molar-refractivity contribution in [3.8, 4) is 22.8 Å². The average Bonchev–Trinajstić information content (AvgIpc) is 2.56. The third-order valence-electron chi connectivity index (χ3n) is 3.17. The molecule has 0 saturated heterocycles. The first-order chi connectivity index (χ1) is 10.4. The van der Waals surface area contributed by atoms with E-state index in [1.54, 1.807) is 0 Å². The van der Waals surface area contributed by atoms with Crippen LogP contribution in [0, 0.1) is 0 Å². The third-order valence-corrected chi connectivity index (χ3v) is 3.17. The van der Waals surface area contributed by atoms with Gasteiger partial charge in [0.2, 0.25) is 5.88 Å². The minimum absolute atomic E-state index is 0.574. The normalized spacial score (nSPS) is 10.1. The van der Waals surface area contributed by atoms with Crippen molar-refractivity contribution in [2.24, 2.45) is 0 Å². The number of benzene rings is 2. The van der Waals surface area contributed by atoms with E-state index in [9.17, 15) is 0 Å². The van der Waals surface area contributed by atoms with Gasteiger partial charge in [0.1, 0.15) is 11.6 Å². The highest BCUT2D eigenvalue weighted by atomic mass is 16.5. The van der Waals surface area contributed by atoms with Gasteiger partial charge in [-0.05, 0) is 17.7 Å². The summed E-state index contributed by atoms with van der Waals surface area (Å²) in [5, 5.41) is 3.01. The highest BCUT2D eigenvalue weighted by Crippen LogP contribution is 2.32. The number of hydrogen-bond acceptors (Lipinski definition) is 3. The minimum Gasteiger partial charge on any atom is -0.438 e. The van der Waals surface area contributed by atoms with Gasteiger partial charge in [-0.3, -0.25) is 0 Å². The van der Waals surface area contributed by atoms with Crippen molar-refractivity contribution in [3.05, 3.63) is 72.8 Å². The van der Waals surface area contributed by atoms with Crippen molar-refractivity contribution in [2.75, 3.05) is 12.4 Å². The molecule has 3 aromatic rings. The van der Waals surface area contributed by atoms with Crippen molar-refractivity contribution in [2.45, 2.75) is 0 Å². The van der Waals surface area contributed by atoms with Crippen molar-refractivity contribution >= 4 is 5.82 Å². The Morgan fingerprint density at radius 3 is 2.38 bits per heavy atom. The first-order valence-electron chi connectivity index (χ1n) is 6.84. The summed E-state index contributed by atoms with van der Waals surface area (Å²) in [5.74, 6) is 2.15. The molecule has 0 saturated carbocycles. The second kappa shape index (κ2) is 6.09. The summed E-state index contributed by atoms with van der Waals surface area (Å²) in [6, 6.07) is 23.8. The van der Waals surface area contributed by atoms with Gasteiger partial charge in [0.05, 0.1) is 0 Å². The Hall–Kier alpha value is -2.81. The number of para-hydroxylation sites is 1. The van der Waals surface area contributed by atoms with Gasteiger partial charge in [-0.2, -0.15) is 4.98 Å². The van der Waals surface area contributed by atoms with Crippen LogP contribution in [0.1, 0.15) is 0 Å². The minimum atomic E-state index is 0.574. The monoisotopic (exact) mass is 276 g/mol.